The maximum absolute atomic E-state index is 12.8. The van der Waals surface area contributed by atoms with Gasteiger partial charge >= 0.3 is 0 Å². The number of nitrogens with one attached hydrogen (secondary N) is 1. The molecule has 4 rings (SSSR count). The molecule has 1 atom stereocenters. The van der Waals surface area contributed by atoms with E-state index in [1.165, 1.54) is 16.8 Å². The Balaban J connectivity index is 1.41. The molecule has 0 fully saturated rings. The highest BCUT2D eigenvalue weighted by Crippen LogP contribution is 2.30. The van der Waals surface area contributed by atoms with Crippen LogP contribution >= 0.6 is 0 Å². The highest BCUT2D eigenvalue weighted by Gasteiger charge is 2.24. The summed E-state index contributed by atoms with van der Waals surface area (Å²) in [5.41, 5.74) is 6.92. The molecule has 0 spiro atoms. The van der Waals surface area contributed by atoms with Gasteiger partial charge in [0.05, 0.1) is 18.8 Å². The molecule has 3 aromatic rings. The molecule has 0 radical (unpaired) electrons. The van der Waals surface area contributed by atoms with Crippen molar-refractivity contribution >= 4 is 11.6 Å². The Morgan fingerprint density at radius 2 is 1.83 bits per heavy atom. The highest BCUT2D eigenvalue weighted by molar-refractivity contribution is 5.82. The first kappa shape index (κ1) is 20.2. The molecule has 1 unspecified atom stereocenters. The number of para-hydroxylation sites is 1. The van der Waals surface area contributed by atoms with Crippen molar-refractivity contribution in [3.63, 3.8) is 0 Å². The molecule has 1 N–H and O–H groups in total. The molecule has 1 aliphatic rings. The number of carbonyl (C=O) groups excluding carboxylic acids is 1. The molecule has 1 aliphatic heterocycles. The largest absolute Gasteiger partial charge is 0.359 e. The summed E-state index contributed by atoms with van der Waals surface area (Å²) in [6.07, 6.45) is 2.16. The van der Waals surface area contributed by atoms with Gasteiger partial charge in [0.15, 0.2) is 0 Å². The smallest absolute Gasteiger partial charge is 0.239 e. The number of carbonyl (C=O) groups is 1. The number of amides is 1. The lowest BCUT2D eigenvalue weighted by Crippen LogP contribution is -2.44. The van der Waals surface area contributed by atoms with Crippen LogP contribution in [-0.4, -0.2) is 28.3 Å². The van der Waals surface area contributed by atoms with Gasteiger partial charge < -0.3 is 10.2 Å². The number of aryl methyl sites for hydroxylation is 2. The van der Waals surface area contributed by atoms with Crippen LogP contribution in [0.3, 0.4) is 0 Å². The first-order valence-corrected chi connectivity index (χ1v) is 10.7. The number of anilines is 1. The molecule has 0 bridgehead atoms. The summed E-state index contributed by atoms with van der Waals surface area (Å²) in [6.45, 7) is 7.92. The molecule has 0 saturated carbocycles. The van der Waals surface area contributed by atoms with E-state index in [0.29, 0.717) is 19.1 Å². The van der Waals surface area contributed by atoms with E-state index in [-0.39, 0.29) is 5.91 Å². The van der Waals surface area contributed by atoms with Gasteiger partial charge in [-0.25, -0.2) is 0 Å². The third-order valence-corrected chi connectivity index (χ3v) is 6.15. The number of benzene rings is 2. The second kappa shape index (κ2) is 8.74. The lowest BCUT2D eigenvalue weighted by atomic mass is 9.96. The average molecular weight is 403 g/mol. The zero-order chi connectivity index (χ0) is 21.1. The SMILES string of the molecule is Cc1nn(Cc2ccccc2)c(C)c1CNC(=O)CN1c2ccccc2CCC1C. The van der Waals surface area contributed by atoms with E-state index in [2.05, 4.69) is 60.5 Å². The number of hydrogen-bond acceptors (Lipinski definition) is 3. The molecule has 5 heteroatoms. The van der Waals surface area contributed by atoms with E-state index in [1.807, 2.05) is 29.8 Å². The van der Waals surface area contributed by atoms with Crippen LogP contribution in [0.15, 0.2) is 54.6 Å². The van der Waals surface area contributed by atoms with Crippen molar-refractivity contribution in [2.24, 2.45) is 0 Å². The molecule has 1 amide bonds. The summed E-state index contributed by atoms with van der Waals surface area (Å²) >= 11 is 0. The van der Waals surface area contributed by atoms with E-state index >= 15 is 0 Å². The van der Waals surface area contributed by atoms with Gasteiger partial charge in [-0.3, -0.25) is 9.48 Å². The van der Waals surface area contributed by atoms with Crippen LogP contribution in [-0.2, 0) is 24.3 Å². The molecule has 0 saturated heterocycles. The van der Waals surface area contributed by atoms with Gasteiger partial charge in [0.2, 0.25) is 5.91 Å². The monoisotopic (exact) mass is 402 g/mol. The summed E-state index contributed by atoms with van der Waals surface area (Å²) in [6, 6.07) is 19.1. The predicted octanol–water partition coefficient (Wildman–Crippen LogP) is 4.01. The van der Waals surface area contributed by atoms with Crippen molar-refractivity contribution in [1.29, 1.82) is 0 Å². The minimum atomic E-state index is 0.0492. The Bertz CT molecular complexity index is 1020. The van der Waals surface area contributed by atoms with Crippen LogP contribution in [0.5, 0.6) is 0 Å². The van der Waals surface area contributed by atoms with Gasteiger partial charge in [0.1, 0.15) is 0 Å². The Morgan fingerprint density at radius 1 is 1.10 bits per heavy atom. The summed E-state index contributed by atoms with van der Waals surface area (Å²) < 4.78 is 2.02. The number of aromatic nitrogens is 2. The Kier molecular flexibility index (Phi) is 5.88. The van der Waals surface area contributed by atoms with Crippen LogP contribution in [0, 0.1) is 13.8 Å². The normalized spacial score (nSPS) is 15.7. The van der Waals surface area contributed by atoms with Crippen LogP contribution in [0.1, 0.15) is 41.4 Å². The number of rotatable bonds is 6. The molecular formula is C25H30N4O. The van der Waals surface area contributed by atoms with Crippen LogP contribution in [0.4, 0.5) is 5.69 Å². The zero-order valence-electron chi connectivity index (χ0n) is 18.1. The maximum Gasteiger partial charge on any atom is 0.239 e. The molecular weight excluding hydrogens is 372 g/mol. The van der Waals surface area contributed by atoms with Gasteiger partial charge in [-0.2, -0.15) is 5.10 Å². The summed E-state index contributed by atoms with van der Waals surface area (Å²) in [5.74, 6) is 0.0492. The average Bonchev–Trinajstić information content (AvgIpc) is 3.02. The Hall–Kier alpha value is -3.08. The van der Waals surface area contributed by atoms with Gasteiger partial charge in [-0.05, 0) is 50.8 Å². The first-order valence-electron chi connectivity index (χ1n) is 10.7. The maximum atomic E-state index is 12.8. The number of hydrogen-bond donors (Lipinski definition) is 1. The molecule has 30 heavy (non-hydrogen) atoms. The van der Waals surface area contributed by atoms with E-state index < -0.39 is 0 Å². The van der Waals surface area contributed by atoms with Gasteiger partial charge in [0.25, 0.3) is 0 Å². The fourth-order valence-electron chi connectivity index (χ4n) is 4.30. The molecule has 5 nitrogen and oxygen atoms in total. The predicted molar refractivity (Wildman–Crippen MR) is 121 cm³/mol. The minimum Gasteiger partial charge on any atom is -0.359 e. The van der Waals surface area contributed by atoms with Crippen LogP contribution < -0.4 is 10.2 Å². The second-order valence-corrected chi connectivity index (χ2v) is 8.21. The van der Waals surface area contributed by atoms with Gasteiger partial charge in [0, 0.05) is 29.5 Å². The summed E-state index contributed by atoms with van der Waals surface area (Å²) in [4.78, 5) is 15.0. The molecule has 156 valence electrons. The van der Waals surface area contributed by atoms with Crippen molar-refractivity contribution in [3.8, 4) is 0 Å². The van der Waals surface area contributed by atoms with E-state index in [0.717, 1.165) is 36.3 Å². The lowest BCUT2D eigenvalue weighted by Gasteiger charge is -2.36. The van der Waals surface area contributed by atoms with Crippen molar-refractivity contribution in [2.45, 2.75) is 52.7 Å². The molecule has 0 aliphatic carbocycles. The minimum absolute atomic E-state index is 0.0492. The number of fused-ring (bicyclic) bond motifs is 1. The fourth-order valence-corrected chi connectivity index (χ4v) is 4.30. The summed E-state index contributed by atoms with van der Waals surface area (Å²) in [7, 11) is 0. The van der Waals surface area contributed by atoms with E-state index in [4.69, 9.17) is 5.10 Å². The highest BCUT2D eigenvalue weighted by atomic mass is 16.2. The molecule has 2 heterocycles. The first-order chi connectivity index (χ1) is 14.5. The zero-order valence-corrected chi connectivity index (χ0v) is 18.1. The topological polar surface area (TPSA) is 50.2 Å². The Labute approximate surface area is 178 Å². The molecule has 1 aromatic heterocycles. The van der Waals surface area contributed by atoms with Crippen molar-refractivity contribution in [3.05, 3.63) is 82.7 Å². The van der Waals surface area contributed by atoms with Crippen molar-refractivity contribution < 1.29 is 4.79 Å². The van der Waals surface area contributed by atoms with Crippen LogP contribution in [0.25, 0.3) is 0 Å². The van der Waals surface area contributed by atoms with E-state index in [1.54, 1.807) is 0 Å². The third kappa shape index (κ3) is 4.25. The third-order valence-electron chi connectivity index (χ3n) is 6.15. The fraction of sp³-hybridized carbons (Fsp3) is 0.360. The van der Waals surface area contributed by atoms with E-state index in [9.17, 15) is 4.79 Å². The summed E-state index contributed by atoms with van der Waals surface area (Å²) in [5, 5.41) is 7.82. The van der Waals surface area contributed by atoms with Crippen molar-refractivity contribution in [2.75, 3.05) is 11.4 Å². The Morgan fingerprint density at radius 3 is 2.63 bits per heavy atom. The molecule has 2 aromatic carbocycles. The van der Waals surface area contributed by atoms with Gasteiger partial charge in [-0.15, -0.1) is 0 Å². The lowest BCUT2D eigenvalue weighted by molar-refractivity contribution is -0.120. The standard InChI is InChI=1S/C25H30N4O/c1-18-13-14-22-11-7-8-12-24(22)28(18)17-25(30)26-15-23-19(2)27-29(20(23)3)16-21-9-5-4-6-10-21/h4-12,18H,13-17H2,1-3H3,(H,26,30). The number of nitrogens with zero attached hydrogens (tertiary/aromatic N) is 3. The second-order valence-electron chi connectivity index (χ2n) is 8.21. The van der Waals surface area contributed by atoms with Crippen molar-refractivity contribution in [1.82, 2.24) is 15.1 Å². The quantitative estimate of drug-likeness (QED) is 0.678. The van der Waals surface area contributed by atoms with Gasteiger partial charge in [-0.1, -0.05) is 48.5 Å². The van der Waals surface area contributed by atoms with Crippen LogP contribution in [0.2, 0.25) is 0 Å².